The van der Waals surface area contributed by atoms with E-state index in [9.17, 15) is 14.7 Å². The number of ether oxygens (including phenoxy) is 2. The average molecular weight is 271 g/mol. The fraction of sp³-hybridized carbons (Fsp3) is 0.692. The predicted octanol–water partition coefficient (Wildman–Crippen LogP) is 1.86. The van der Waals surface area contributed by atoms with E-state index in [-0.39, 0.29) is 23.8 Å². The summed E-state index contributed by atoms with van der Waals surface area (Å²) in [4.78, 5) is 24.9. The van der Waals surface area contributed by atoms with Crippen LogP contribution in [0.25, 0.3) is 0 Å². The Morgan fingerprint density at radius 3 is 2.42 bits per heavy atom. The molecule has 1 amide bonds. The highest BCUT2D eigenvalue weighted by atomic mass is 16.6. The molecule has 0 saturated carbocycles. The van der Waals surface area contributed by atoms with Crippen LogP contribution in [-0.2, 0) is 14.3 Å². The molecule has 6 nitrogen and oxygen atoms in total. The maximum Gasteiger partial charge on any atom is 0.410 e. The molecule has 0 saturated heterocycles. The van der Waals surface area contributed by atoms with Crippen LogP contribution in [-0.4, -0.2) is 47.9 Å². The van der Waals surface area contributed by atoms with Gasteiger partial charge in [-0.3, -0.25) is 0 Å². The summed E-state index contributed by atoms with van der Waals surface area (Å²) in [6.45, 7) is 7.35. The number of rotatable bonds is 1. The Balaban J connectivity index is 2.87. The lowest BCUT2D eigenvalue weighted by molar-refractivity contribution is -0.136. The smallest absolute Gasteiger partial charge is 0.410 e. The van der Waals surface area contributed by atoms with Crippen molar-refractivity contribution in [3.63, 3.8) is 0 Å². The van der Waals surface area contributed by atoms with Gasteiger partial charge in [0.1, 0.15) is 11.4 Å². The monoisotopic (exact) mass is 271 g/mol. The van der Waals surface area contributed by atoms with Gasteiger partial charge in [-0.2, -0.15) is 0 Å². The lowest BCUT2D eigenvalue weighted by Gasteiger charge is -2.33. The van der Waals surface area contributed by atoms with E-state index < -0.39 is 17.7 Å². The molecule has 1 heterocycles. The van der Waals surface area contributed by atoms with E-state index in [1.54, 1.807) is 27.7 Å². The van der Waals surface area contributed by atoms with Crippen LogP contribution in [0.1, 0.15) is 27.7 Å². The summed E-state index contributed by atoms with van der Waals surface area (Å²) in [6.07, 6.45) is -0.506. The van der Waals surface area contributed by atoms with E-state index in [4.69, 9.17) is 4.74 Å². The van der Waals surface area contributed by atoms with Gasteiger partial charge in [0.25, 0.3) is 0 Å². The van der Waals surface area contributed by atoms with Crippen LogP contribution in [0.2, 0.25) is 0 Å². The van der Waals surface area contributed by atoms with E-state index in [1.807, 2.05) is 0 Å². The van der Waals surface area contributed by atoms with Crippen LogP contribution in [0.5, 0.6) is 0 Å². The molecule has 1 aliphatic heterocycles. The first-order valence-corrected chi connectivity index (χ1v) is 6.14. The molecule has 0 fully saturated rings. The lowest BCUT2D eigenvalue weighted by atomic mass is 9.99. The molecule has 6 heteroatoms. The average Bonchev–Trinajstić information content (AvgIpc) is 2.29. The van der Waals surface area contributed by atoms with Gasteiger partial charge < -0.3 is 19.5 Å². The lowest BCUT2D eigenvalue weighted by Crippen LogP contribution is -2.44. The minimum atomic E-state index is -0.627. The van der Waals surface area contributed by atoms with Crippen molar-refractivity contribution in [3.8, 4) is 0 Å². The standard InChI is InChI=1S/C13H21NO5/c1-8-6-14(12(17)19-13(2,3)4)7-9(10(8)15)11(16)18-5/h8,15H,6-7H2,1-5H3. The maximum atomic E-state index is 12.0. The van der Waals surface area contributed by atoms with Crippen molar-refractivity contribution in [1.82, 2.24) is 4.90 Å². The second-order valence-corrected chi connectivity index (χ2v) is 5.62. The Morgan fingerprint density at radius 2 is 1.95 bits per heavy atom. The Labute approximate surface area is 113 Å². The number of amides is 1. The number of aliphatic hydroxyl groups is 1. The third-order valence-corrected chi connectivity index (χ3v) is 2.70. The summed E-state index contributed by atoms with van der Waals surface area (Å²) < 4.78 is 9.85. The van der Waals surface area contributed by atoms with Crippen LogP contribution in [0, 0.1) is 5.92 Å². The molecular formula is C13H21NO5. The fourth-order valence-electron chi connectivity index (χ4n) is 1.81. The van der Waals surface area contributed by atoms with Crippen molar-refractivity contribution >= 4 is 12.1 Å². The van der Waals surface area contributed by atoms with Gasteiger partial charge in [0.2, 0.25) is 0 Å². The normalized spacial score (nSPS) is 20.3. The van der Waals surface area contributed by atoms with Gasteiger partial charge in [0.15, 0.2) is 0 Å². The molecule has 0 spiro atoms. The summed E-state index contributed by atoms with van der Waals surface area (Å²) in [5.41, 5.74) is -0.498. The van der Waals surface area contributed by atoms with E-state index >= 15 is 0 Å². The molecule has 108 valence electrons. The number of carbonyl (C=O) groups is 2. The van der Waals surface area contributed by atoms with Gasteiger partial charge in [-0.05, 0) is 20.8 Å². The highest BCUT2D eigenvalue weighted by molar-refractivity contribution is 5.90. The zero-order valence-electron chi connectivity index (χ0n) is 12.0. The van der Waals surface area contributed by atoms with Crippen LogP contribution in [0.3, 0.4) is 0 Å². The minimum Gasteiger partial charge on any atom is -0.511 e. The molecule has 19 heavy (non-hydrogen) atoms. The zero-order chi connectivity index (χ0) is 14.8. The molecule has 0 aromatic rings. The SMILES string of the molecule is COC(=O)C1=C(O)C(C)CN(C(=O)OC(C)(C)C)C1. The Morgan fingerprint density at radius 1 is 1.37 bits per heavy atom. The largest absolute Gasteiger partial charge is 0.511 e. The van der Waals surface area contributed by atoms with E-state index in [0.29, 0.717) is 6.54 Å². The number of nitrogens with zero attached hydrogens (tertiary/aromatic N) is 1. The number of hydrogen-bond acceptors (Lipinski definition) is 5. The summed E-state index contributed by atoms with van der Waals surface area (Å²) in [5.74, 6) is -0.973. The molecule has 0 aliphatic carbocycles. The Kier molecular flexibility index (Phi) is 4.44. The number of methoxy groups -OCH3 is 1. The zero-order valence-corrected chi connectivity index (χ0v) is 12.0. The third kappa shape index (κ3) is 3.87. The first-order chi connectivity index (χ1) is 8.65. The third-order valence-electron chi connectivity index (χ3n) is 2.70. The van der Waals surface area contributed by atoms with Crippen LogP contribution >= 0.6 is 0 Å². The van der Waals surface area contributed by atoms with Crippen LogP contribution in [0.15, 0.2) is 11.3 Å². The summed E-state index contributed by atoms with van der Waals surface area (Å²) in [7, 11) is 1.24. The number of esters is 1. The number of hydrogen-bond donors (Lipinski definition) is 1. The molecule has 1 N–H and O–H groups in total. The van der Waals surface area contributed by atoms with Gasteiger partial charge in [0, 0.05) is 12.5 Å². The van der Waals surface area contributed by atoms with Crippen molar-refractivity contribution in [2.75, 3.05) is 20.2 Å². The molecule has 1 aliphatic rings. The molecule has 0 aromatic carbocycles. The fourth-order valence-corrected chi connectivity index (χ4v) is 1.81. The van der Waals surface area contributed by atoms with E-state index in [2.05, 4.69) is 4.74 Å². The molecule has 0 bridgehead atoms. The first-order valence-electron chi connectivity index (χ1n) is 6.14. The predicted molar refractivity (Wildman–Crippen MR) is 68.6 cm³/mol. The number of carbonyl (C=O) groups excluding carboxylic acids is 2. The van der Waals surface area contributed by atoms with Gasteiger partial charge in [-0.15, -0.1) is 0 Å². The summed E-state index contributed by atoms with van der Waals surface area (Å²) in [6, 6.07) is 0. The highest BCUT2D eigenvalue weighted by Crippen LogP contribution is 2.23. The summed E-state index contributed by atoms with van der Waals surface area (Å²) >= 11 is 0. The maximum absolute atomic E-state index is 12.0. The van der Waals surface area contributed by atoms with Gasteiger partial charge in [-0.25, -0.2) is 9.59 Å². The van der Waals surface area contributed by atoms with Gasteiger partial charge in [-0.1, -0.05) is 6.92 Å². The number of aliphatic hydroxyl groups excluding tert-OH is 1. The van der Waals surface area contributed by atoms with E-state index in [1.165, 1.54) is 12.0 Å². The molecule has 1 rings (SSSR count). The summed E-state index contributed by atoms with van der Waals surface area (Å²) in [5, 5.41) is 9.87. The molecular weight excluding hydrogens is 250 g/mol. The highest BCUT2D eigenvalue weighted by Gasteiger charge is 2.33. The second-order valence-electron chi connectivity index (χ2n) is 5.62. The van der Waals surface area contributed by atoms with Crippen LogP contribution < -0.4 is 0 Å². The molecule has 0 aromatic heterocycles. The van der Waals surface area contributed by atoms with E-state index in [0.717, 1.165) is 0 Å². The van der Waals surface area contributed by atoms with Crippen molar-refractivity contribution < 1.29 is 24.2 Å². The van der Waals surface area contributed by atoms with Crippen molar-refractivity contribution in [1.29, 1.82) is 0 Å². The second kappa shape index (κ2) is 5.50. The van der Waals surface area contributed by atoms with Crippen LogP contribution in [0.4, 0.5) is 4.79 Å². The molecule has 1 atom stereocenters. The Bertz CT molecular complexity index is 408. The van der Waals surface area contributed by atoms with Crippen molar-refractivity contribution in [2.24, 2.45) is 5.92 Å². The van der Waals surface area contributed by atoms with Crippen molar-refractivity contribution in [2.45, 2.75) is 33.3 Å². The molecule has 1 unspecified atom stereocenters. The quantitative estimate of drug-likeness (QED) is 0.737. The van der Waals surface area contributed by atoms with Crippen molar-refractivity contribution in [3.05, 3.63) is 11.3 Å². The minimum absolute atomic E-state index is 0.00222. The topological polar surface area (TPSA) is 76.1 Å². The Hall–Kier alpha value is -1.72. The molecule has 0 radical (unpaired) electrons. The van der Waals surface area contributed by atoms with Gasteiger partial charge in [0.05, 0.1) is 19.2 Å². The first kappa shape index (κ1) is 15.3. The van der Waals surface area contributed by atoms with Gasteiger partial charge >= 0.3 is 12.1 Å².